The van der Waals surface area contributed by atoms with E-state index in [1.807, 2.05) is 0 Å². The van der Waals surface area contributed by atoms with Gasteiger partial charge in [-0.05, 0) is 14.0 Å². The first kappa shape index (κ1) is 6.34. The van der Waals surface area contributed by atoms with E-state index in [1.165, 1.54) is 6.08 Å². The Hall–Kier alpha value is -0.660. The van der Waals surface area contributed by atoms with Crippen LogP contribution in [-0.4, -0.2) is 19.3 Å². The highest BCUT2D eigenvalue weighted by molar-refractivity contribution is 5.33. The molecule has 1 atom stereocenters. The summed E-state index contributed by atoms with van der Waals surface area (Å²) < 4.78 is 0. The van der Waals surface area contributed by atoms with Gasteiger partial charge in [-0.15, -0.1) is 0 Å². The second kappa shape index (κ2) is 3.53. The highest BCUT2D eigenvalue weighted by Gasteiger charge is 1.86. The van der Waals surface area contributed by atoms with Crippen LogP contribution >= 0.6 is 0 Å². The minimum Gasteiger partial charge on any atom is -0.298 e. The van der Waals surface area contributed by atoms with Crippen LogP contribution in [0.4, 0.5) is 0 Å². The minimum atomic E-state index is -0.0995. The first-order chi connectivity index (χ1) is 3.31. The molecule has 0 radical (unpaired) electrons. The van der Waals surface area contributed by atoms with E-state index in [2.05, 4.69) is 10.3 Å². The number of carbonyl (C=O) groups excluding carboxylic acids is 1. The molecular weight excluding hydrogens is 92.1 g/mol. The van der Waals surface area contributed by atoms with Gasteiger partial charge in [0, 0.05) is 0 Å². The fraction of sp³-hybridized carbons (Fsp3) is 0.750. The Labute approximate surface area is 42.4 Å². The molecule has 0 spiro atoms. The van der Waals surface area contributed by atoms with Crippen molar-refractivity contribution in [2.45, 2.75) is 13.1 Å². The van der Waals surface area contributed by atoms with Gasteiger partial charge in [-0.3, -0.25) is 5.32 Å². The van der Waals surface area contributed by atoms with Gasteiger partial charge in [0.1, 0.15) is 6.17 Å². The van der Waals surface area contributed by atoms with E-state index >= 15 is 0 Å². The molecule has 0 aromatic carbocycles. The van der Waals surface area contributed by atoms with Crippen molar-refractivity contribution in [2.75, 3.05) is 7.05 Å². The van der Waals surface area contributed by atoms with Crippen molar-refractivity contribution in [3.05, 3.63) is 0 Å². The Kier molecular flexibility index (Phi) is 3.19. The lowest BCUT2D eigenvalue weighted by Crippen LogP contribution is -2.17. The van der Waals surface area contributed by atoms with Crippen molar-refractivity contribution in [3.8, 4) is 0 Å². The van der Waals surface area contributed by atoms with Crippen LogP contribution in [0.15, 0.2) is 4.99 Å². The van der Waals surface area contributed by atoms with E-state index in [0.29, 0.717) is 0 Å². The van der Waals surface area contributed by atoms with Crippen LogP contribution < -0.4 is 5.32 Å². The summed E-state index contributed by atoms with van der Waals surface area (Å²) in [6.07, 6.45) is 1.33. The maximum Gasteiger partial charge on any atom is 0.236 e. The monoisotopic (exact) mass is 100 g/mol. The highest BCUT2D eigenvalue weighted by atomic mass is 16.1. The summed E-state index contributed by atoms with van der Waals surface area (Å²) in [6.45, 7) is 1.77. The second-order valence-electron chi connectivity index (χ2n) is 1.19. The van der Waals surface area contributed by atoms with Gasteiger partial charge in [-0.25, -0.2) is 4.79 Å². The summed E-state index contributed by atoms with van der Waals surface area (Å²) >= 11 is 0. The topological polar surface area (TPSA) is 41.5 Å². The Morgan fingerprint density at radius 3 is 2.57 bits per heavy atom. The molecule has 0 heterocycles. The lowest BCUT2D eigenvalue weighted by molar-refractivity contribution is 0.551. The van der Waals surface area contributed by atoms with E-state index in [1.54, 1.807) is 14.0 Å². The lowest BCUT2D eigenvalue weighted by atomic mass is 10.6. The van der Waals surface area contributed by atoms with Crippen LogP contribution in [0.5, 0.6) is 0 Å². The quantitative estimate of drug-likeness (QED) is 0.388. The average Bonchev–Trinajstić information content (AvgIpc) is 1.68. The van der Waals surface area contributed by atoms with E-state index in [4.69, 9.17) is 0 Å². The third-order valence-electron chi connectivity index (χ3n) is 0.664. The van der Waals surface area contributed by atoms with Crippen LogP contribution in [0.25, 0.3) is 0 Å². The fourth-order valence-corrected chi connectivity index (χ4v) is 0.144. The Bertz CT molecular complexity index is 85.7. The number of isocyanates is 1. The maximum absolute atomic E-state index is 9.44. The van der Waals surface area contributed by atoms with Crippen molar-refractivity contribution >= 4 is 6.08 Å². The zero-order chi connectivity index (χ0) is 5.70. The summed E-state index contributed by atoms with van der Waals surface area (Å²) in [7, 11) is 1.73. The molecule has 0 bridgehead atoms. The number of nitrogens with one attached hydrogen (secondary N) is 1. The molecule has 0 rings (SSSR count). The van der Waals surface area contributed by atoms with E-state index in [9.17, 15) is 4.79 Å². The van der Waals surface area contributed by atoms with E-state index in [0.717, 1.165) is 0 Å². The molecule has 0 saturated carbocycles. The maximum atomic E-state index is 9.44. The zero-order valence-electron chi connectivity index (χ0n) is 4.43. The smallest absolute Gasteiger partial charge is 0.236 e. The summed E-state index contributed by atoms with van der Waals surface area (Å²) in [5.74, 6) is 0. The molecule has 0 aliphatic rings. The first-order valence-corrected chi connectivity index (χ1v) is 2.05. The van der Waals surface area contributed by atoms with Crippen molar-refractivity contribution in [2.24, 2.45) is 4.99 Å². The van der Waals surface area contributed by atoms with Gasteiger partial charge in [0.05, 0.1) is 0 Å². The molecule has 0 aliphatic heterocycles. The first-order valence-electron chi connectivity index (χ1n) is 2.05. The van der Waals surface area contributed by atoms with Gasteiger partial charge >= 0.3 is 0 Å². The van der Waals surface area contributed by atoms with Crippen LogP contribution in [-0.2, 0) is 4.79 Å². The van der Waals surface area contributed by atoms with Gasteiger partial charge in [0.25, 0.3) is 0 Å². The molecule has 3 nitrogen and oxygen atoms in total. The number of hydrogen-bond acceptors (Lipinski definition) is 3. The van der Waals surface area contributed by atoms with Crippen LogP contribution in [0.3, 0.4) is 0 Å². The fourth-order valence-electron chi connectivity index (χ4n) is 0.144. The molecule has 7 heavy (non-hydrogen) atoms. The molecule has 1 N–H and O–H groups in total. The highest BCUT2D eigenvalue weighted by Crippen LogP contribution is 1.74. The van der Waals surface area contributed by atoms with Gasteiger partial charge in [0.2, 0.25) is 6.08 Å². The Morgan fingerprint density at radius 1 is 1.86 bits per heavy atom. The molecule has 3 heteroatoms. The summed E-state index contributed by atoms with van der Waals surface area (Å²) in [5.41, 5.74) is 0. The molecule has 0 aliphatic carbocycles. The summed E-state index contributed by atoms with van der Waals surface area (Å²) in [4.78, 5) is 12.8. The standard InChI is InChI=1S/C4H8N2O/c1-4(5-2)6-3-7/h4-5H,1-2H3. The largest absolute Gasteiger partial charge is 0.298 e. The minimum absolute atomic E-state index is 0.0995. The third-order valence-corrected chi connectivity index (χ3v) is 0.664. The zero-order valence-corrected chi connectivity index (χ0v) is 4.43. The van der Waals surface area contributed by atoms with Crippen LogP contribution in [0, 0.1) is 0 Å². The molecule has 0 saturated heterocycles. The van der Waals surface area contributed by atoms with Gasteiger partial charge in [-0.2, -0.15) is 4.99 Å². The molecule has 1 unspecified atom stereocenters. The van der Waals surface area contributed by atoms with Gasteiger partial charge in [0.15, 0.2) is 0 Å². The average molecular weight is 100 g/mol. The van der Waals surface area contributed by atoms with E-state index in [-0.39, 0.29) is 6.17 Å². The molecule has 0 amide bonds. The summed E-state index contributed by atoms with van der Waals surface area (Å²) in [6, 6.07) is 0. The predicted octanol–water partition coefficient (Wildman–Crippen LogP) is -0.112. The second-order valence-corrected chi connectivity index (χ2v) is 1.19. The lowest BCUT2D eigenvalue weighted by Gasteiger charge is -1.95. The normalized spacial score (nSPS) is 12.3. The number of nitrogens with zero attached hydrogens (tertiary/aromatic N) is 1. The van der Waals surface area contributed by atoms with Gasteiger partial charge < -0.3 is 0 Å². The summed E-state index contributed by atoms with van der Waals surface area (Å²) in [5, 5.41) is 2.74. The number of rotatable bonds is 2. The molecule has 0 aromatic rings. The third kappa shape index (κ3) is 3.16. The number of hydrogen-bond donors (Lipinski definition) is 1. The van der Waals surface area contributed by atoms with Crippen LogP contribution in [0.2, 0.25) is 0 Å². The van der Waals surface area contributed by atoms with Crippen molar-refractivity contribution in [1.29, 1.82) is 0 Å². The predicted molar refractivity (Wildman–Crippen MR) is 26.6 cm³/mol. The van der Waals surface area contributed by atoms with Gasteiger partial charge in [-0.1, -0.05) is 0 Å². The molecular formula is C4H8N2O. The molecule has 0 aromatic heterocycles. The molecule has 40 valence electrons. The number of aliphatic imine (C=N–C) groups is 1. The van der Waals surface area contributed by atoms with Crippen molar-refractivity contribution in [1.82, 2.24) is 5.32 Å². The SMILES string of the molecule is CNC(C)N=C=O. The van der Waals surface area contributed by atoms with Crippen LogP contribution in [0.1, 0.15) is 6.92 Å². The van der Waals surface area contributed by atoms with Crippen molar-refractivity contribution < 1.29 is 4.79 Å². The van der Waals surface area contributed by atoms with E-state index < -0.39 is 0 Å². The van der Waals surface area contributed by atoms with Crippen molar-refractivity contribution in [3.63, 3.8) is 0 Å². The Morgan fingerprint density at radius 2 is 2.43 bits per heavy atom. The Balaban J connectivity index is 3.35. The molecule has 0 fully saturated rings.